The van der Waals surface area contributed by atoms with Crippen LogP contribution in [0.25, 0.3) is 0 Å². The molecule has 82 valence electrons. The predicted octanol–water partition coefficient (Wildman–Crippen LogP) is 2.49. The van der Waals surface area contributed by atoms with Crippen molar-refractivity contribution in [3.8, 4) is 5.75 Å². The van der Waals surface area contributed by atoms with Crippen LogP contribution in [0, 0.1) is 0 Å². The Kier molecular flexibility index (Phi) is 2.15. The molecule has 2 nitrogen and oxygen atoms in total. The average molecular weight is 217 g/mol. The van der Waals surface area contributed by atoms with Crippen molar-refractivity contribution in [2.75, 3.05) is 0 Å². The second kappa shape index (κ2) is 3.13. The third-order valence-electron chi connectivity index (χ3n) is 2.51. The Labute approximate surface area is 84.8 Å². The van der Waals surface area contributed by atoms with Gasteiger partial charge >= 0.3 is 6.18 Å². The molecule has 2 rings (SSSR count). The van der Waals surface area contributed by atoms with Crippen LogP contribution in [0.3, 0.4) is 0 Å². The summed E-state index contributed by atoms with van der Waals surface area (Å²) in [6, 6.07) is 2.90. The molecule has 1 heterocycles. The van der Waals surface area contributed by atoms with Gasteiger partial charge in [0, 0.05) is 5.56 Å². The summed E-state index contributed by atoms with van der Waals surface area (Å²) in [5.41, 5.74) is 5.45. The Balaban J connectivity index is 2.44. The second-order valence-corrected chi connectivity index (χ2v) is 3.60. The van der Waals surface area contributed by atoms with Gasteiger partial charge in [0.25, 0.3) is 0 Å². The highest BCUT2D eigenvalue weighted by Gasteiger charge is 2.35. The third kappa shape index (κ3) is 1.67. The molecule has 2 N–H and O–H groups in total. The average Bonchev–Trinajstić information content (AvgIpc) is 2.41. The molecule has 1 aromatic rings. The fraction of sp³-hybridized carbons (Fsp3) is 0.400. The molecule has 0 fully saturated rings. The molecule has 0 spiro atoms. The van der Waals surface area contributed by atoms with Crippen LogP contribution in [0.5, 0.6) is 5.75 Å². The van der Waals surface area contributed by atoms with Crippen molar-refractivity contribution >= 4 is 0 Å². The Morgan fingerprint density at radius 3 is 2.60 bits per heavy atom. The van der Waals surface area contributed by atoms with Crippen molar-refractivity contribution in [1.82, 2.24) is 0 Å². The lowest BCUT2D eigenvalue weighted by atomic mass is 10.0. The zero-order valence-electron chi connectivity index (χ0n) is 8.01. The van der Waals surface area contributed by atoms with E-state index in [1.807, 2.05) is 0 Å². The van der Waals surface area contributed by atoms with E-state index in [-0.39, 0.29) is 6.10 Å². The first kappa shape index (κ1) is 10.3. The Morgan fingerprint density at radius 2 is 2.00 bits per heavy atom. The van der Waals surface area contributed by atoms with E-state index in [4.69, 9.17) is 10.5 Å². The summed E-state index contributed by atoms with van der Waals surface area (Å²) in [6.07, 6.45) is -4.61. The number of alkyl halides is 3. The van der Waals surface area contributed by atoms with Gasteiger partial charge in [-0.3, -0.25) is 0 Å². The number of benzene rings is 1. The minimum atomic E-state index is -4.33. The monoisotopic (exact) mass is 217 g/mol. The van der Waals surface area contributed by atoms with Crippen LogP contribution in [0.1, 0.15) is 24.1 Å². The third-order valence-corrected chi connectivity index (χ3v) is 2.51. The van der Waals surface area contributed by atoms with E-state index in [2.05, 4.69) is 0 Å². The molecule has 0 saturated heterocycles. The quantitative estimate of drug-likeness (QED) is 0.724. The first-order chi connectivity index (χ1) is 6.89. The van der Waals surface area contributed by atoms with E-state index in [1.165, 1.54) is 6.07 Å². The van der Waals surface area contributed by atoms with Gasteiger partial charge in [-0.1, -0.05) is 0 Å². The molecule has 15 heavy (non-hydrogen) atoms. The maximum Gasteiger partial charge on any atom is 0.416 e. The first-order valence-corrected chi connectivity index (χ1v) is 4.53. The minimum absolute atomic E-state index is 0.275. The first-order valence-electron chi connectivity index (χ1n) is 4.53. The number of fused-ring (bicyclic) bond motifs is 1. The van der Waals surface area contributed by atoms with E-state index in [9.17, 15) is 13.2 Å². The van der Waals surface area contributed by atoms with E-state index in [1.54, 1.807) is 6.92 Å². The van der Waals surface area contributed by atoms with Crippen LogP contribution in [0.4, 0.5) is 13.2 Å². The fourth-order valence-electron chi connectivity index (χ4n) is 1.62. The molecule has 5 heteroatoms. The smallest absolute Gasteiger partial charge is 0.416 e. The molecule has 1 aliphatic rings. The summed E-state index contributed by atoms with van der Waals surface area (Å²) in [5.74, 6) is 0.447. The summed E-state index contributed by atoms with van der Waals surface area (Å²) in [5, 5.41) is 0. The van der Waals surface area contributed by atoms with Gasteiger partial charge in [0.2, 0.25) is 0 Å². The maximum atomic E-state index is 12.4. The zero-order chi connectivity index (χ0) is 11.2. The highest BCUT2D eigenvalue weighted by atomic mass is 19.4. The van der Waals surface area contributed by atoms with E-state index in [0.29, 0.717) is 11.3 Å². The van der Waals surface area contributed by atoms with Crippen molar-refractivity contribution in [3.05, 3.63) is 29.3 Å². The molecule has 2 unspecified atom stereocenters. The molecule has 0 aliphatic carbocycles. The Hall–Kier alpha value is -1.23. The fourth-order valence-corrected chi connectivity index (χ4v) is 1.62. The van der Waals surface area contributed by atoms with Gasteiger partial charge < -0.3 is 10.5 Å². The summed E-state index contributed by atoms with van der Waals surface area (Å²) in [4.78, 5) is 0. The van der Waals surface area contributed by atoms with E-state index in [0.717, 1.165) is 12.1 Å². The largest absolute Gasteiger partial charge is 0.488 e. The number of rotatable bonds is 0. The molecule has 1 aromatic carbocycles. The highest BCUT2D eigenvalue weighted by molar-refractivity contribution is 5.43. The Morgan fingerprint density at radius 1 is 1.33 bits per heavy atom. The molecule has 1 aliphatic heterocycles. The Bertz CT molecular complexity index is 389. The standard InChI is InChI=1S/C10H10F3NO/c1-5-9(14)7-4-6(10(11,12)13)2-3-8(7)15-5/h2-5,9H,14H2,1H3. The van der Waals surface area contributed by atoms with Crippen molar-refractivity contribution < 1.29 is 17.9 Å². The molecule has 2 atom stereocenters. The van der Waals surface area contributed by atoms with Gasteiger partial charge in [0.05, 0.1) is 11.6 Å². The minimum Gasteiger partial charge on any atom is -0.488 e. The zero-order valence-corrected chi connectivity index (χ0v) is 8.01. The van der Waals surface area contributed by atoms with Gasteiger partial charge in [-0.25, -0.2) is 0 Å². The van der Waals surface area contributed by atoms with Crippen molar-refractivity contribution in [2.45, 2.75) is 25.2 Å². The lowest BCUT2D eigenvalue weighted by Gasteiger charge is -2.09. The molecule has 0 amide bonds. The summed E-state index contributed by atoms with van der Waals surface area (Å²) < 4.78 is 42.5. The topological polar surface area (TPSA) is 35.2 Å². The molecule has 0 aromatic heterocycles. The summed E-state index contributed by atoms with van der Waals surface area (Å²) in [7, 11) is 0. The van der Waals surface area contributed by atoms with Crippen molar-refractivity contribution in [1.29, 1.82) is 0 Å². The number of ether oxygens (including phenoxy) is 1. The van der Waals surface area contributed by atoms with Crippen molar-refractivity contribution in [3.63, 3.8) is 0 Å². The van der Waals surface area contributed by atoms with Gasteiger partial charge in [0.1, 0.15) is 11.9 Å². The number of hydrogen-bond donors (Lipinski definition) is 1. The van der Waals surface area contributed by atoms with Gasteiger partial charge in [0.15, 0.2) is 0 Å². The lowest BCUT2D eigenvalue weighted by molar-refractivity contribution is -0.137. The number of nitrogens with two attached hydrogens (primary N) is 1. The summed E-state index contributed by atoms with van der Waals surface area (Å²) in [6.45, 7) is 1.73. The van der Waals surface area contributed by atoms with Crippen LogP contribution in [0.15, 0.2) is 18.2 Å². The predicted molar refractivity (Wildman–Crippen MR) is 48.5 cm³/mol. The molecule has 0 radical (unpaired) electrons. The summed E-state index contributed by atoms with van der Waals surface area (Å²) >= 11 is 0. The highest BCUT2D eigenvalue weighted by Crippen LogP contribution is 2.39. The van der Waals surface area contributed by atoms with Crippen molar-refractivity contribution in [2.24, 2.45) is 5.73 Å². The SMILES string of the molecule is CC1Oc2ccc(C(F)(F)F)cc2C1N. The molecular formula is C10H10F3NO. The number of hydrogen-bond acceptors (Lipinski definition) is 2. The van der Waals surface area contributed by atoms with Crippen LogP contribution < -0.4 is 10.5 Å². The maximum absolute atomic E-state index is 12.4. The molecule has 0 bridgehead atoms. The van der Waals surface area contributed by atoms with Crippen LogP contribution in [0.2, 0.25) is 0 Å². The number of halogens is 3. The normalized spacial score (nSPS) is 24.9. The van der Waals surface area contributed by atoms with Gasteiger partial charge in [-0.2, -0.15) is 13.2 Å². The van der Waals surface area contributed by atoms with Crippen LogP contribution >= 0.6 is 0 Å². The molecule has 0 saturated carbocycles. The van der Waals surface area contributed by atoms with E-state index >= 15 is 0 Å². The van der Waals surface area contributed by atoms with Gasteiger partial charge in [-0.05, 0) is 25.1 Å². The van der Waals surface area contributed by atoms with Crippen LogP contribution in [-0.2, 0) is 6.18 Å². The second-order valence-electron chi connectivity index (χ2n) is 3.60. The van der Waals surface area contributed by atoms with Crippen LogP contribution in [-0.4, -0.2) is 6.10 Å². The van der Waals surface area contributed by atoms with Gasteiger partial charge in [-0.15, -0.1) is 0 Å². The lowest BCUT2D eigenvalue weighted by Crippen LogP contribution is -2.21. The molecular weight excluding hydrogens is 207 g/mol. The van der Waals surface area contributed by atoms with E-state index < -0.39 is 17.8 Å².